The zero-order valence-corrected chi connectivity index (χ0v) is 21.8. The number of carbonyl (C=O) groups is 2. The lowest BCUT2D eigenvalue weighted by molar-refractivity contribution is -0.140. The van der Waals surface area contributed by atoms with E-state index in [0.717, 1.165) is 24.7 Å². The van der Waals surface area contributed by atoms with Gasteiger partial charge in [-0.3, -0.25) is 13.9 Å². The number of sulfonamides is 1. The number of nitrogens with one attached hydrogen (secondary N) is 1. The predicted octanol–water partition coefficient (Wildman–Crippen LogP) is 4.01. The summed E-state index contributed by atoms with van der Waals surface area (Å²) in [5.74, 6) is -0.912. The topological polar surface area (TPSA) is 86.8 Å². The number of unbranched alkanes of at least 4 members (excludes halogenated alkanes) is 1. The molecule has 2 amide bonds. The molecule has 1 N–H and O–H groups in total. The summed E-state index contributed by atoms with van der Waals surface area (Å²) in [6.45, 7) is 6.42. The summed E-state index contributed by atoms with van der Waals surface area (Å²) >= 11 is 0. The predicted molar refractivity (Wildman–Crippen MR) is 137 cm³/mol. The molecular formula is C26H36FN3O4S. The lowest BCUT2D eigenvalue weighted by atomic mass is 10.1. The third kappa shape index (κ3) is 8.98. The Morgan fingerprint density at radius 1 is 1.03 bits per heavy atom. The molecule has 0 radical (unpaired) electrons. The molecule has 35 heavy (non-hydrogen) atoms. The number of aryl methyl sites for hydroxylation is 1. The molecule has 0 bridgehead atoms. The molecule has 0 aliphatic carbocycles. The van der Waals surface area contributed by atoms with Gasteiger partial charge in [-0.25, -0.2) is 12.8 Å². The number of anilines is 1. The highest BCUT2D eigenvalue weighted by atomic mass is 32.2. The third-order valence-corrected chi connectivity index (χ3v) is 6.93. The monoisotopic (exact) mass is 505 g/mol. The lowest BCUT2D eigenvalue weighted by Gasteiger charge is -2.29. The number of hydrogen-bond acceptors (Lipinski definition) is 4. The lowest BCUT2D eigenvalue weighted by Crippen LogP contribution is -2.48. The molecule has 2 aromatic carbocycles. The van der Waals surface area contributed by atoms with Crippen LogP contribution in [0.25, 0.3) is 0 Å². The molecule has 2 aromatic rings. The zero-order valence-electron chi connectivity index (χ0n) is 21.0. The van der Waals surface area contributed by atoms with E-state index in [4.69, 9.17) is 0 Å². The second-order valence-corrected chi connectivity index (χ2v) is 10.6. The fraction of sp³-hybridized carbons (Fsp3) is 0.462. The van der Waals surface area contributed by atoms with E-state index in [-0.39, 0.29) is 43.6 Å². The van der Waals surface area contributed by atoms with Crippen molar-refractivity contribution in [3.63, 3.8) is 0 Å². The Hall–Kier alpha value is -2.94. The van der Waals surface area contributed by atoms with E-state index in [1.165, 1.54) is 21.3 Å². The molecule has 0 unspecified atom stereocenters. The fourth-order valence-electron chi connectivity index (χ4n) is 3.62. The van der Waals surface area contributed by atoms with Crippen LogP contribution in [-0.4, -0.2) is 50.5 Å². The van der Waals surface area contributed by atoms with Crippen LogP contribution in [0.1, 0.15) is 50.7 Å². The van der Waals surface area contributed by atoms with E-state index in [1.54, 1.807) is 31.2 Å². The number of halogens is 1. The maximum atomic E-state index is 13.3. The van der Waals surface area contributed by atoms with Gasteiger partial charge in [-0.1, -0.05) is 43.2 Å². The van der Waals surface area contributed by atoms with Crippen molar-refractivity contribution in [2.75, 3.05) is 23.7 Å². The number of hydrogen-bond donors (Lipinski definition) is 1. The summed E-state index contributed by atoms with van der Waals surface area (Å²) in [6, 6.07) is 12.2. The average Bonchev–Trinajstić information content (AvgIpc) is 2.81. The van der Waals surface area contributed by atoms with Crippen molar-refractivity contribution in [2.45, 2.75) is 59.0 Å². The maximum absolute atomic E-state index is 13.3. The van der Waals surface area contributed by atoms with Gasteiger partial charge in [0.1, 0.15) is 11.9 Å². The summed E-state index contributed by atoms with van der Waals surface area (Å²) in [7, 11) is -3.54. The SMILES string of the molecule is CCCCNC(=O)[C@@H](C)N(Cc1ccc(F)cc1)C(=O)CCCN(c1ccc(C)cc1)S(C)(=O)=O. The largest absolute Gasteiger partial charge is 0.354 e. The first-order valence-corrected chi connectivity index (χ1v) is 13.7. The van der Waals surface area contributed by atoms with Crippen LogP contribution in [-0.2, 0) is 26.2 Å². The van der Waals surface area contributed by atoms with Gasteiger partial charge in [0.05, 0.1) is 11.9 Å². The van der Waals surface area contributed by atoms with E-state index in [9.17, 15) is 22.4 Å². The van der Waals surface area contributed by atoms with Gasteiger partial charge in [0.2, 0.25) is 21.8 Å². The molecule has 192 valence electrons. The molecule has 0 aromatic heterocycles. The van der Waals surface area contributed by atoms with E-state index >= 15 is 0 Å². The van der Waals surface area contributed by atoms with Crippen molar-refractivity contribution in [1.82, 2.24) is 10.2 Å². The number of rotatable bonds is 13. The Labute approximate surface area is 208 Å². The third-order valence-electron chi connectivity index (χ3n) is 5.74. The van der Waals surface area contributed by atoms with Gasteiger partial charge >= 0.3 is 0 Å². The van der Waals surface area contributed by atoms with E-state index in [1.807, 2.05) is 26.0 Å². The Bertz CT molecular complexity index is 1070. The van der Waals surface area contributed by atoms with Crippen LogP contribution in [0.3, 0.4) is 0 Å². The van der Waals surface area contributed by atoms with Gasteiger partial charge in [-0.2, -0.15) is 0 Å². The minimum absolute atomic E-state index is 0.0612. The molecule has 2 rings (SSSR count). The van der Waals surface area contributed by atoms with Crippen LogP contribution >= 0.6 is 0 Å². The van der Waals surface area contributed by atoms with Crippen molar-refractivity contribution < 1.29 is 22.4 Å². The summed E-state index contributed by atoms with van der Waals surface area (Å²) < 4.78 is 39.4. The Balaban J connectivity index is 2.12. The molecule has 0 spiro atoms. The molecule has 0 saturated heterocycles. The van der Waals surface area contributed by atoms with Gasteiger partial charge in [0, 0.05) is 26.1 Å². The number of benzene rings is 2. The summed E-state index contributed by atoms with van der Waals surface area (Å²) in [6.07, 6.45) is 3.25. The summed E-state index contributed by atoms with van der Waals surface area (Å²) in [5.41, 5.74) is 2.25. The van der Waals surface area contributed by atoms with Crippen LogP contribution in [0.2, 0.25) is 0 Å². The molecule has 0 heterocycles. The van der Waals surface area contributed by atoms with Crippen LogP contribution < -0.4 is 9.62 Å². The second-order valence-electron chi connectivity index (χ2n) is 8.74. The van der Waals surface area contributed by atoms with Gasteiger partial charge in [-0.05, 0) is 56.5 Å². The Morgan fingerprint density at radius 3 is 2.23 bits per heavy atom. The molecule has 0 fully saturated rings. The van der Waals surface area contributed by atoms with Crippen molar-refractivity contribution >= 4 is 27.5 Å². The highest BCUT2D eigenvalue weighted by Crippen LogP contribution is 2.20. The highest BCUT2D eigenvalue weighted by molar-refractivity contribution is 7.92. The number of nitrogens with zero attached hydrogens (tertiary/aromatic N) is 2. The first-order valence-electron chi connectivity index (χ1n) is 11.9. The molecule has 0 aliphatic rings. The van der Waals surface area contributed by atoms with Crippen LogP contribution in [0.5, 0.6) is 0 Å². The van der Waals surface area contributed by atoms with E-state index in [2.05, 4.69) is 5.32 Å². The van der Waals surface area contributed by atoms with Gasteiger partial charge in [0.25, 0.3) is 0 Å². The normalized spacial score (nSPS) is 12.1. The van der Waals surface area contributed by atoms with Crippen molar-refractivity contribution in [2.24, 2.45) is 0 Å². The minimum Gasteiger partial charge on any atom is -0.354 e. The quantitative estimate of drug-likeness (QED) is 0.417. The fourth-order valence-corrected chi connectivity index (χ4v) is 4.59. The standard InChI is InChI=1S/C26H36FN3O4S/c1-5-6-17-28-26(32)21(3)29(19-22-11-13-23(27)14-12-22)25(31)8-7-18-30(35(4,33)34)24-15-9-20(2)10-16-24/h9-16,21H,5-8,17-19H2,1-4H3,(H,28,32)/t21-/m1/s1. The average molecular weight is 506 g/mol. The summed E-state index contributed by atoms with van der Waals surface area (Å²) in [5, 5.41) is 2.85. The van der Waals surface area contributed by atoms with Crippen molar-refractivity contribution in [1.29, 1.82) is 0 Å². The first kappa shape index (κ1) is 28.3. The Kier molecular flexibility index (Phi) is 10.7. The number of amides is 2. The number of carbonyl (C=O) groups excluding carboxylic acids is 2. The van der Waals surface area contributed by atoms with Gasteiger partial charge in [0.15, 0.2) is 0 Å². The zero-order chi connectivity index (χ0) is 26.0. The first-order chi connectivity index (χ1) is 16.5. The minimum atomic E-state index is -3.54. The van der Waals surface area contributed by atoms with Crippen LogP contribution in [0.15, 0.2) is 48.5 Å². The molecule has 1 atom stereocenters. The van der Waals surface area contributed by atoms with E-state index in [0.29, 0.717) is 17.8 Å². The van der Waals surface area contributed by atoms with Crippen LogP contribution in [0, 0.1) is 12.7 Å². The molecule has 7 nitrogen and oxygen atoms in total. The molecule has 9 heteroatoms. The summed E-state index contributed by atoms with van der Waals surface area (Å²) in [4.78, 5) is 27.4. The smallest absolute Gasteiger partial charge is 0.242 e. The Morgan fingerprint density at radius 2 is 1.66 bits per heavy atom. The highest BCUT2D eigenvalue weighted by Gasteiger charge is 2.26. The van der Waals surface area contributed by atoms with E-state index < -0.39 is 16.1 Å². The van der Waals surface area contributed by atoms with Gasteiger partial charge < -0.3 is 10.2 Å². The van der Waals surface area contributed by atoms with Crippen molar-refractivity contribution in [3.8, 4) is 0 Å². The van der Waals surface area contributed by atoms with Crippen molar-refractivity contribution in [3.05, 3.63) is 65.5 Å². The maximum Gasteiger partial charge on any atom is 0.242 e. The van der Waals surface area contributed by atoms with Crippen LogP contribution in [0.4, 0.5) is 10.1 Å². The second kappa shape index (κ2) is 13.2. The molecule has 0 aliphatic heterocycles. The molecule has 0 saturated carbocycles. The molecular weight excluding hydrogens is 469 g/mol. The van der Waals surface area contributed by atoms with Gasteiger partial charge in [-0.15, -0.1) is 0 Å².